The van der Waals surface area contributed by atoms with Crippen LogP contribution in [0.5, 0.6) is 11.5 Å². The van der Waals surface area contributed by atoms with E-state index in [1.54, 1.807) is 36.4 Å². The van der Waals surface area contributed by atoms with E-state index in [4.69, 9.17) is 9.47 Å². The number of rotatable bonds is 9. The van der Waals surface area contributed by atoms with E-state index in [-0.39, 0.29) is 18.7 Å². The van der Waals surface area contributed by atoms with E-state index in [1.807, 2.05) is 51.1 Å². The van der Waals surface area contributed by atoms with Crippen LogP contribution in [0.3, 0.4) is 0 Å². The first kappa shape index (κ1) is 24.5. The zero-order chi connectivity index (χ0) is 24.5. The lowest BCUT2D eigenvalue weighted by molar-refractivity contribution is -0.147. The Morgan fingerprint density at radius 2 is 1.26 bits per heavy atom. The Morgan fingerprint density at radius 1 is 0.676 bits per heavy atom. The lowest BCUT2D eigenvalue weighted by Gasteiger charge is -2.10. The number of aryl methyl sites for hydroxylation is 3. The summed E-state index contributed by atoms with van der Waals surface area (Å²) in [5.41, 5.74) is 4.62. The smallest absolute Gasteiger partial charge is 0.306 e. The van der Waals surface area contributed by atoms with Gasteiger partial charge in [-0.1, -0.05) is 23.8 Å². The molecule has 0 spiro atoms. The summed E-state index contributed by atoms with van der Waals surface area (Å²) in [6, 6.07) is 20.1. The molecular weight excluding hydrogens is 432 g/mol. The van der Waals surface area contributed by atoms with Crippen molar-refractivity contribution in [3.8, 4) is 11.5 Å². The topological polar surface area (TPSA) is 93.7 Å². The average Bonchev–Trinajstić information content (AvgIpc) is 2.81. The van der Waals surface area contributed by atoms with Crippen LogP contribution in [0.1, 0.15) is 29.5 Å². The molecule has 7 nitrogen and oxygen atoms in total. The molecule has 0 aliphatic carbocycles. The zero-order valence-electron chi connectivity index (χ0n) is 19.5. The molecule has 0 saturated carbocycles. The van der Waals surface area contributed by atoms with Crippen LogP contribution >= 0.6 is 0 Å². The average molecular weight is 461 g/mol. The highest BCUT2D eigenvalue weighted by Gasteiger charge is 2.11. The molecule has 0 aliphatic heterocycles. The van der Waals surface area contributed by atoms with Gasteiger partial charge in [-0.3, -0.25) is 14.4 Å². The Hall–Kier alpha value is -4.13. The van der Waals surface area contributed by atoms with Crippen molar-refractivity contribution in [1.82, 2.24) is 0 Å². The normalized spacial score (nSPS) is 10.3. The third kappa shape index (κ3) is 7.78. The van der Waals surface area contributed by atoms with Gasteiger partial charge < -0.3 is 20.1 Å². The summed E-state index contributed by atoms with van der Waals surface area (Å²) in [5, 5.41) is 5.37. The van der Waals surface area contributed by atoms with Gasteiger partial charge in [-0.15, -0.1) is 0 Å². The quantitative estimate of drug-likeness (QED) is 0.423. The van der Waals surface area contributed by atoms with Gasteiger partial charge in [-0.25, -0.2) is 0 Å². The molecule has 0 radical (unpaired) electrons. The summed E-state index contributed by atoms with van der Waals surface area (Å²) >= 11 is 0. The van der Waals surface area contributed by atoms with E-state index in [1.165, 1.54) is 5.56 Å². The maximum absolute atomic E-state index is 12.1. The van der Waals surface area contributed by atoms with Gasteiger partial charge in [0.15, 0.2) is 6.61 Å². The van der Waals surface area contributed by atoms with E-state index >= 15 is 0 Å². The van der Waals surface area contributed by atoms with Crippen LogP contribution in [0, 0.1) is 20.8 Å². The molecule has 3 rings (SSSR count). The molecule has 7 heteroatoms. The number of ether oxygens (including phenoxy) is 2. The predicted octanol–water partition coefficient (Wildman–Crippen LogP) is 5.30. The molecule has 0 fully saturated rings. The second-order valence-electron chi connectivity index (χ2n) is 8.00. The molecule has 2 N–H and O–H groups in total. The van der Waals surface area contributed by atoms with Gasteiger partial charge in [0.25, 0.3) is 5.91 Å². The Balaban J connectivity index is 1.37. The number of esters is 1. The number of hydrogen-bond acceptors (Lipinski definition) is 5. The number of anilines is 2. The molecule has 0 bridgehead atoms. The molecular formula is C27H28N2O5. The third-order valence-corrected chi connectivity index (χ3v) is 5.11. The fraction of sp³-hybridized carbons (Fsp3) is 0.222. The molecule has 0 heterocycles. The fourth-order valence-corrected chi connectivity index (χ4v) is 3.01. The van der Waals surface area contributed by atoms with Crippen LogP contribution in [-0.4, -0.2) is 24.4 Å². The number of amides is 2. The number of benzene rings is 3. The van der Waals surface area contributed by atoms with E-state index in [2.05, 4.69) is 10.6 Å². The summed E-state index contributed by atoms with van der Waals surface area (Å²) < 4.78 is 10.8. The van der Waals surface area contributed by atoms with Gasteiger partial charge in [0.1, 0.15) is 11.5 Å². The van der Waals surface area contributed by atoms with Gasteiger partial charge in [-0.05, 0) is 80.4 Å². The minimum Gasteiger partial charge on any atom is -0.457 e. The van der Waals surface area contributed by atoms with Crippen LogP contribution in [0.25, 0.3) is 0 Å². The van der Waals surface area contributed by atoms with Crippen LogP contribution in [0.4, 0.5) is 11.4 Å². The molecule has 0 saturated heterocycles. The van der Waals surface area contributed by atoms with Crippen molar-refractivity contribution in [2.45, 2.75) is 33.6 Å². The standard InChI is InChI=1S/C27H28N2O5/c1-18-4-7-21(8-5-18)29-26(31)17-33-27(32)15-14-25(30)28-22-9-12-23(13-10-22)34-24-11-6-19(2)20(3)16-24/h4-13,16H,14-15,17H2,1-3H3,(H,28,30)(H,29,31). The first-order chi connectivity index (χ1) is 16.3. The van der Waals surface area contributed by atoms with Crippen LogP contribution in [0.15, 0.2) is 66.7 Å². The van der Waals surface area contributed by atoms with Crippen molar-refractivity contribution in [3.63, 3.8) is 0 Å². The van der Waals surface area contributed by atoms with Gasteiger partial charge in [0.05, 0.1) is 6.42 Å². The number of carbonyl (C=O) groups is 3. The third-order valence-electron chi connectivity index (χ3n) is 5.11. The summed E-state index contributed by atoms with van der Waals surface area (Å²) in [6.07, 6.45) is -0.184. The van der Waals surface area contributed by atoms with E-state index in [9.17, 15) is 14.4 Å². The maximum Gasteiger partial charge on any atom is 0.306 e. The van der Waals surface area contributed by atoms with E-state index < -0.39 is 18.5 Å². The van der Waals surface area contributed by atoms with Crippen LogP contribution in [-0.2, 0) is 19.1 Å². The number of carbonyl (C=O) groups excluding carboxylic acids is 3. The van der Waals surface area contributed by atoms with Gasteiger partial charge >= 0.3 is 5.97 Å². The molecule has 3 aromatic rings. The van der Waals surface area contributed by atoms with Crippen molar-refractivity contribution >= 4 is 29.2 Å². The Morgan fingerprint density at radius 3 is 1.91 bits per heavy atom. The summed E-state index contributed by atoms with van der Waals surface area (Å²) in [6.45, 7) is 5.60. The first-order valence-electron chi connectivity index (χ1n) is 11.0. The lowest BCUT2D eigenvalue weighted by Crippen LogP contribution is -2.21. The highest BCUT2D eigenvalue weighted by molar-refractivity contribution is 5.94. The Kier molecular flexibility index (Phi) is 8.40. The molecule has 34 heavy (non-hydrogen) atoms. The Labute approximate surface area is 199 Å². The van der Waals surface area contributed by atoms with Crippen LogP contribution in [0.2, 0.25) is 0 Å². The highest BCUT2D eigenvalue weighted by atomic mass is 16.5. The first-order valence-corrected chi connectivity index (χ1v) is 11.0. The van der Waals surface area contributed by atoms with E-state index in [0.29, 0.717) is 17.1 Å². The maximum atomic E-state index is 12.1. The second kappa shape index (κ2) is 11.7. The van der Waals surface area contributed by atoms with Crippen molar-refractivity contribution in [1.29, 1.82) is 0 Å². The van der Waals surface area contributed by atoms with Crippen molar-refractivity contribution < 1.29 is 23.9 Å². The highest BCUT2D eigenvalue weighted by Crippen LogP contribution is 2.25. The second-order valence-corrected chi connectivity index (χ2v) is 8.00. The van der Waals surface area contributed by atoms with Crippen LogP contribution < -0.4 is 15.4 Å². The molecule has 176 valence electrons. The SMILES string of the molecule is Cc1ccc(NC(=O)COC(=O)CCC(=O)Nc2ccc(Oc3ccc(C)c(C)c3)cc2)cc1. The molecule has 3 aromatic carbocycles. The van der Waals surface area contributed by atoms with E-state index in [0.717, 1.165) is 16.9 Å². The summed E-state index contributed by atoms with van der Waals surface area (Å²) in [7, 11) is 0. The predicted molar refractivity (Wildman–Crippen MR) is 131 cm³/mol. The minimum absolute atomic E-state index is 0.0562. The minimum atomic E-state index is -0.619. The monoisotopic (exact) mass is 460 g/mol. The Bertz CT molecular complexity index is 1150. The van der Waals surface area contributed by atoms with Crippen molar-refractivity contribution in [2.24, 2.45) is 0 Å². The number of nitrogens with one attached hydrogen (secondary N) is 2. The molecule has 0 aliphatic rings. The number of hydrogen-bond donors (Lipinski definition) is 2. The van der Waals surface area contributed by atoms with Crippen molar-refractivity contribution in [3.05, 3.63) is 83.4 Å². The zero-order valence-corrected chi connectivity index (χ0v) is 19.5. The summed E-state index contributed by atoms with van der Waals surface area (Å²) in [4.78, 5) is 35.9. The molecule has 2 amide bonds. The molecule has 0 atom stereocenters. The van der Waals surface area contributed by atoms with Crippen molar-refractivity contribution in [2.75, 3.05) is 17.2 Å². The fourth-order valence-electron chi connectivity index (χ4n) is 3.01. The summed E-state index contributed by atoms with van der Waals surface area (Å²) in [5.74, 6) is -0.000296. The van der Waals surface area contributed by atoms with Gasteiger partial charge in [-0.2, -0.15) is 0 Å². The van der Waals surface area contributed by atoms with Gasteiger partial charge in [0.2, 0.25) is 5.91 Å². The molecule has 0 unspecified atom stereocenters. The molecule has 0 aromatic heterocycles. The van der Waals surface area contributed by atoms with Gasteiger partial charge in [0, 0.05) is 17.8 Å². The largest absolute Gasteiger partial charge is 0.457 e. The lowest BCUT2D eigenvalue weighted by atomic mass is 10.1.